The van der Waals surface area contributed by atoms with Gasteiger partial charge in [-0.05, 0) is 0 Å². The summed E-state index contributed by atoms with van der Waals surface area (Å²) in [6.45, 7) is 0. The van der Waals surface area contributed by atoms with Gasteiger partial charge in [-0.1, -0.05) is 0 Å². The van der Waals surface area contributed by atoms with Crippen LogP contribution in [0, 0.1) is 15.9 Å². The van der Waals surface area contributed by atoms with E-state index in [1.54, 1.807) is 0 Å². The van der Waals surface area contributed by atoms with E-state index in [2.05, 4.69) is 0 Å². The third-order valence-electron chi connectivity index (χ3n) is 1.30. The molecule has 0 radical (unpaired) electrons. The maximum Gasteiger partial charge on any atom is 0.276 e. The number of nitrogens with two attached hydrogens (primary N) is 1. The average molecular weight is 172 g/mol. The van der Waals surface area contributed by atoms with Crippen LogP contribution in [0.2, 0.25) is 0 Å². The third kappa shape index (κ3) is 1.26. The van der Waals surface area contributed by atoms with E-state index in [1.165, 1.54) is 0 Å². The molecule has 64 valence electrons. The lowest BCUT2D eigenvalue weighted by Gasteiger charge is -1.98. The van der Waals surface area contributed by atoms with Crippen molar-refractivity contribution in [2.45, 2.75) is 0 Å². The van der Waals surface area contributed by atoms with Gasteiger partial charge < -0.3 is 10.8 Å². The van der Waals surface area contributed by atoms with Crippen LogP contribution in [0.15, 0.2) is 12.1 Å². The molecule has 0 fully saturated rings. The minimum atomic E-state index is -0.998. The summed E-state index contributed by atoms with van der Waals surface area (Å²) in [6, 6.07) is 1.44. The number of hydrogen-bond donors (Lipinski definition) is 2. The van der Waals surface area contributed by atoms with E-state index in [0.717, 1.165) is 6.07 Å². The molecule has 0 heterocycles. The molecule has 12 heavy (non-hydrogen) atoms. The summed E-state index contributed by atoms with van der Waals surface area (Å²) >= 11 is 0. The van der Waals surface area contributed by atoms with Crippen LogP contribution in [0.1, 0.15) is 0 Å². The number of anilines is 1. The molecule has 0 aromatic heterocycles. The Balaban J connectivity index is 3.31. The number of nitro groups is 1. The molecule has 3 N–H and O–H groups in total. The molecular formula is C6H5FN2O3. The van der Waals surface area contributed by atoms with Crippen LogP contribution >= 0.6 is 0 Å². The van der Waals surface area contributed by atoms with Gasteiger partial charge in [-0.25, -0.2) is 4.39 Å². The zero-order valence-electron chi connectivity index (χ0n) is 5.82. The van der Waals surface area contributed by atoms with Crippen LogP contribution in [-0.4, -0.2) is 10.0 Å². The summed E-state index contributed by atoms with van der Waals surface area (Å²) < 4.78 is 12.6. The average Bonchev–Trinajstić information content (AvgIpc) is 1.99. The predicted molar refractivity (Wildman–Crippen MR) is 39.1 cm³/mol. The molecule has 1 rings (SSSR count). The predicted octanol–water partition coefficient (Wildman–Crippen LogP) is 1.02. The van der Waals surface area contributed by atoms with Gasteiger partial charge in [0.05, 0.1) is 17.1 Å². The van der Waals surface area contributed by atoms with Crippen molar-refractivity contribution in [3.8, 4) is 5.75 Å². The number of phenols is 1. The van der Waals surface area contributed by atoms with Gasteiger partial charge in [-0.2, -0.15) is 0 Å². The second-order valence-corrected chi connectivity index (χ2v) is 2.12. The summed E-state index contributed by atoms with van der Waals surface area (Å²) in [6.07, 6.45) is 0. The second kappa shape index (κ2) is 2.65. The van der Waals surface area contributed by atoms with Crippen molar-refractivity contribution in [2.24, 2.45) is 0 Å². The van der Waals surface area contributed by atoms with Crippen LogP contribution in [0.5, 0.6) is 5.75 Å². The fourth-order valence-electron chi connectivity index (χ4n) is 0.695. The highest BCUT2D eigenvalue weighted by Gasteiger charge is 2.13. The van der Waals surface area contributed by atoms with Crippen molar-refractivity contribution >= 4 is 11.4 Å². The van der Waals surface area contributed by atoms with E-state index in [-0.39, 0.29) is 0 Å². The fourth-order valence-corrected chi connectivity index (χ4v) is 0.695. The second-order valence-electron chi connectivity index (χ2n) is 2.12. The van der Waals surface area contributed by atoms with Crippen molar-refractivity contribution in [3.05, 3.63) is 28.1 Å². The van der Waals surface area contributed by atoms with Crippen molar-refractivity contribution in [2.75, 3.05) is 5.73 Å². The number of nitro benzene ring substituents is 1. The Kier molecular flexibility index (Phi) is 1.82. The number of benzene rings is 1. The number of hydrogen-bond acceptors (Lipinski definition) is 4. The summed E-state index contributed by atoms with van der Waals surface area (Å²) in [5.41, 5.74) is 3.99. The monoisotopic (exact) mass is 172 g/mol. The Bertz CT molecular complexity index is 317. The lowest BCUT2D eigenvalue weighted by molar-refractivity contribution is -0.385. The molecule has 0 saturated carbocycles. The summed E-state index contributed by atoms with van der Waals surface area (Å²) in [7, 11) is 0. The first kappa shape index (κ1) is 8.25. The van der Waals surface area contributed by atoms with E-state index in [9.17, 15) is 14.5 Å². The van der Waals surface area contributed by atoms with Gasteiger partial charge >= 0.3 is 0 Å². The number of halogens is 1. The summed E-state index contributed by atoms with van der Waals surface area (Å²) in [5.74, 6) is -1.62. The van der Waals surface area contributed by atoms with Crippen LogP contribution in [-0.2, 0) is 0 Å². The fraction of sp³-hybridized carbons (Fsp3) is 0. The minimum absolute atomic E-state index is 0.486. The Labute approximate surface area is 66.4 Å². The molecule has 0 aliphatic carbocycles. The Morgan fingerprint density at radius 1 is 1.58 bits per heavy atom. The van der Waals surface area contributed by atoms with Gasteiger partial charge in [0, 0.05) is 0 Å². The Morgan fingerprint density at radius 2 is 2.17 bits per heavy atom. The number of nitrogens with zero attached hydrogens (tertiary/aromatic N) is 1. The first-order chi connectivity index (χ1) is 5.52. The third-order valence-corrected chi connectivity index (χ3v) is 1.30. The van der Waals surface area contributed by atoms with E-state index < -0.39 is 27.9 Å². The van der Waals surface area contributed by atoms with Gasteiger partial charge in [-0.15, -0.1) is 0 Å². The lowest BCUT2D eigenvalue weighted by Crippen LogP contribution is -1.94. The summed E-state index contributed by atoms with van der Waals surface area (Å²) in [5, 5.41) is 19.0. The Hall–Kier alpha value is -1.85. The number of nitrogen functional groups attached to an aromatic ring is 1. The largest absolute Gasteiger partial charge is 0.505 e. The van der Waals surface area contributed by atoms with Gasteiger partial charge in [0.25, 0.3) is 5.69 Å². The van der Waals surface area contributed by atoms with Crippen molar-refractivity contribution < 1.29 is 14.4 Å². The highest BCUT2D eigenvalue weighted by atomic mass is 19.1. The maximum absolute atomic E-state index is 12.6. The standard InChI is InChI=1S/C6H5FN2O3/c7-4-1-3(9(11)12)2-5(10)6(4)8/h1-2,10H,8H2. The van der Waals surface area contributed by atoms with E-state index in [0.29, 0.717) is 6.07 Å². The summed E-state index contributed by atoms with van der Waals surface area (Å²) in [4.78, 5) is 9.29. The molecule has 0 unspecified atom stereocenters. The minimum Gasteiger partial charge on any atom is -0.505 e. The normalized spacial score (nSPS) is 9.75. The highest BCUT2D eigenvalue weighted by Crippen LogP contribution is 2.28. The van der Waals surface area contributed by atoms with E-state index >= 15 is 0 Å². The van der Waals surface area contributed by atoms with Gasteiger partial charge in [0.15, 0.2) is 5.82 Å². The van der Waals surface area contributed by atoms with E-state index in [1.807, 2.05) is 0 Å². The van der Waals surface area contributed by atoms with Crippen LogP contribution in [0.25, 0.3) is 0 Å². The molecule has 1 aromatic carbocycles. The number of non-ortho nitro benzene ring substituents is 1. The van der Waals surface area contributed by atoms with Crippen molar-refractivity contribution in [3.63, 3.8) is 0 Å². The molecular weight excluding hydrogens is 167 g/mol. The molecule has 0 amide bonds. The molecule has 6 heteroatoms. The first-order valence-electron chi connectivity index (χ1n) is 2.94. The number of aromatic hydroxyl groups is 1. The molecule has 0 atom stereocenters. The van der Waals surface area contributed by atoms with Crippen LogP contribution in [0.4, 0.5) is 15.8 Å². The molecule has 0 bridgehead atoms. The van der Waals surface area contributed by atoms with Gasteiger partial charge in [0.1, 0.15) is 11.4 Å². The van der Waals surface area contributed by atoms with Crippen molar-refractivity contribution in [1.82, 2.24) is 0 Å². The molecule has 0 spiro atoms. The molecule has 0 aliphatic rings. The number of rotatable bonds is 1. The molecule has 0 aliphatic heterocycles. The lowest BCUT2D eigenvalue weighted by atomic mass is 10.2. The van der Waals surface area contributed by atoms with Gasteiger partial charge in [0.2, 0.25) is 0 Å². The highest BCUT2D eigenvalue weighted by molar-refractivity contribution is 5.57. The van der Waals surface area contributed by atoms with Gasteiger partial charge in [-0.3, -0.25) is 10.1 Å². The first-order valence-corrected chi connectivity index (χ1v) is 2.94. The topological polar surface area (TPSA) is 89.4 Å². The van der Waals surface area contributed by atoms with E-state index in [4.69, 9.17) is 10.8 Å². The van der Waals surface area contributed by atoms with Crippen LogP contribution < -0.4 is 5.73 Å². The SMILES string of the molecule is Nc1c(O)cc([N+](=O)[O-])cc1F. The molecule has 1 aromatic rings. The zero-order chi connectivity index (χ0) is 9.30. The van der Waals surface area contributed by atoms with Crippen LogP contribution in [0.3, 0.4) is 0 Å². The quantitative estimate of drug-likeness (QED) is 0.286. The number of phenolic OH excluding ortho intramolecular Hbond substituents is 1. The smallest absolute Gasteiger partial charge is 0.276 e. The maximum atomic E-state index is 12.6. The Morgan fingerprint density at radius 3 is 2.58 bits per heavy atom. The zero-order valence-corrected chi connectivity index (χ0v) is 5.82. The molecule has 5 nitrogen and oxygen atoms in total. The van der Waals surface area contributed by atoms with Crippen molar-refractivity contribution in [1.29, 1.82) is 0 Å². The molecule has 0 saturated heterocycles.